The van der Waals surface area contributed by atoms with E-state index in [2.05, 4.69) is 9.71 Å². The number of nitrogens with one attached hydrogen (secondary N) is 1. The van der Waals surface area contributed by atoms with Crippen molar-refractivity contribution in [3.05, 3.63) is 70.0 Å². The molecular weight excluding hydrogens is 484 g/mol. The van der Waals surface area contributed by atoms with Crippen molar-refractivity contribution >= 4 is 52.2 Å². The third kappa shape index (κ3) is 4.48. The van der Waals surface area contributed by atoms with Crippen molar-refractivity contribution in [2.45, 2.75) is 37.7 Å². The van der Waals surface area contributed by atoms with Crippen molar-refractivity contribution in [1.29, 1.82) is 0 Å². The fourth-order valence-corrected chi connectivity index (χ4v) is 4.87. The average Bonchev–Trinajstić information content (AvgIpc) is 3.16. The number of hydrogen-bond donors (Lipinski definition) is 3. The molecule has 0 atom stereocenters. The number of imidazole rings is 1. The van der Waals surface area contributed by atoms with Gasteiger partial charge in [-0.2, -0.15) is 0 Å². The predicted molar refractivity (Wildman–Crippen MR) is 133 cm³/mol. The largest absolute Gasteiger partial charge is 0.392 e. The number of aliphatic hydroxyl groups is 1. The Morgan fingerprint density at radius 2 is 2.00 bits per heavy atom. The number of aromatic nitrogens is 3. The number of aliphatic hydroxyl groups excluding tert-OH is 1. The van der Waals surface area contributed by atoms with Gasteiger partial charge in [-0.3, -0.25) is 4.40 Å². The molecule has 0 aliphatic carbocycles. The van der Waals surface area contributed by atoms with Gasteiger partial charge in [-0.1, -0.05) is 50.0 Å². The summed E-state index contributed by atoms with van der Waals surface area (Å²) < 4.78 is 20.5. The number of fused-ring (bicyclic) bond motifs is 1. The van der Waals surface area contributed by atoms with Crippen LogP contribution in [0.25, 0.3) is 16.8 Å². The van der Waals surface area contributed by atoms with E-state index in [4.69, 9.17) is 33.9 Å². The van der Waals surface area contributed by atoms with E-state index in [1.165, 1.54) is 0 Å². The Labute approximate surface area is 205 Å². The number of halogens is 3. The highest BCUT2D eigenvalue weighted by molar-refractivity contribution is 8.00. The molecule has 2 heterocycles. The topological polar surface area (TPSA) is 88.5 Å². The van der Waals surface area contributed by atoms with E-state index in [0.29, 0.717) is 37.3 Å². The van der Waals surface area contributed by atoms with Crippen LogP contribution >= 0.6 is 35.1 Å². The lowest BCUT2D eigenvalue weighted by Crippen LogP contribution is -2.16. The smallest absolute Gasteiger partial charge is 0.156 e. The molecule has 4 N–H and O–H groups in total. The third-order valence-corrected chi connectivity index (χ3v) is 6.67. The van der Waals surface area contributed by atoms with Gasteiger partial charge in [-0.15, -0.1) is 0 Å². The maximum absolute atomic E-state index is 15.7. The fourth-order valence-electron chi connectivity index (χ4n) is 3.49. The third-order valence-electron chi connectivity index (χ3n) is 5.03. The predicted octanol–water partition coefficient (Wildman–Crippen LogP) is 6.33. The van der Waals surface area contributed by atoms with Crippen LogP contribution in [0.15, 0.2) is 47.6 Å². The Balaban J connectivity index is 1.77. The minimum absolute atomic E-state index is 0.236. The lowest BCUT2D eigenvalue weighted by molar-refractivity contribution is 0.281. The van der Waals surface area contributed by atoms with E-state index >= 15 is 4.39 Å². The summed E-state index contributed by atoms with van der Waals surface area (Å²) in [7, 11) is 0. The first-order chi connectivity index (χ1) is 15.6. The number of nitrogens with zero attached hydrogens (tertiary/aromatic N) is 3. The highest BCUT2D eigenvalue weighted by atomic mass is 35.5. The van der Waals surface area contributed by atoms with Gasteiger partial charge in [-0.25, -0.2) is 14.4 Å². The first kappa shape index (κ1) is 23.6. The molecule has 10 heteroatoms. The van der Waals surface area contributed by atoms with Crippen LogP contribution in [0, 0.1) is 5.82 Å². The molecule has 4 rings (SSSR count). The van der Waals surface area contributed by atoms with Gasteiger partial charge < -0.3 is 15.6 Å². The van der Waals surface area contributed by atoms with Crippen molar-refractivity contribution in [3.63, 3.8) is 0 Å². The minimum Gasteiger partial charge on any atom is -0.392 e. The van der Waals surface area contributed by atoms with Gasteiger partial charge in [0.15, 0.2) is 5.82 Å². The van der Waals surface area contributed by atoms with E-state index in [1.54, 1.807) is 42.7 Å². The van der Waals surface area contributed by atoms with Crippen LogP contribution in [0.4, 0.5) is 15.9 Å². The van der Waals surface area contributed by atoms with Crippen LogP contribution < -0.4 is 10.5 Å². The van der Waals surface area contributed by atoms with Gasteiger partial charge in [0.05, 0.1) is 17.3 Å². The molecule has 2 aromatic carbocycles. The molecule has 172 valence electrons. The number of anilines is 2. The second kappa shape index (κ2) is 9.02. The highest BCUT2D eigenvalue weighted by Gasteiger charge is 2.26. The van der Waals surface area contributed by atoms with Crippen LogP contribution in [-0.2, 0) is 12.0 Å². The Bertz CT molecular complexity index is 1350. The maximum atomic E-state index is 15.7. The van der Waals surface area contributed by atoms with E-state index in [1.807, 2.05) is 25.2 Å². The highest BCUT2D eigenvalue weighted by Crippen LogP contribution is 2.38. The van der Waals surface area contributed by atoms with Crippen molar-refractivity contribution in [2.24, 2.45) is 0 Å². The molecule has 4 aromatic rings. The number of hydrogen-bond acceptors (Lipinski definition) is 6. The van der Waals surface area contributed by atoms with Crippen LogP contribution in [0.2, 0.25) is 10.0 Å². The summed E-state index contributed by atoms with van der Waals surface area (Å²) in [6, 6.07) is 8.23. The number of nitrogen functional groups attached to an aromatic ring is 1. The lowest BCUT2D eigenvalue weighted by Gasteiger charge is -2.16. The first-order valence-electron chi connectivity index (χ1n) is 10.1. The summed E-state index contributed by atoms with van der Waals surface area (Å²) >= 11 is 13.5. The standard InChI is InChI=1S/C23H22Cl2FN5OS/c1-23(2,3)22-29-19(20-21(27)28-7-8-31(20)22)14-5-4-6-15(18(14)26)30-33-16-10-13(24)9-12(11-32)17(16)25/h4-10,30,32H,11H2,1-3H3,(H2,27,28). The molecule has 0 fully saturated rings. The number of rotatable bonds is 5. The van der Waals surface area contributed by atoms with Gasteiger partial charge in [0.25, 0.3) is 0 Å². The van der Waals surface area contributed by atoms with Crippen LogP contribution in [0.3, 0.4) is 0 Å². The van der Waals surface area contributed by atoms with E-state index in [-0.39, 0.29) is 23.5 Å². The van der Waals surface area contributed by atoms with Gasteiger partial charge in [0.2, 0.25) is 0 Å². The molecule has 0 radical (unpaired) electrons. The van der Waals surface area contributed by atoms with E-state index in [0.717, 1.165) is 17.8 Å². The van der Waals surface area contributed by atoms with Gasteiger partial charge in [-0.05, 0) is 41.8 Å². The SMILES string of the molecule is CC(C)(C)c1nc(-c2cccc(NSc3cc(Cl)cc(CO)c3Cl)c2F)c2c(N)nccn12. The van der Waals surface area contributed by atoms with Crippen LogP contribution in [-0.4, -0.2) is 19.5 Å². The van der Waals surface area contributed by atoms with E-state index < -0.39 is 5.82 Å². The quantitative estimate of drug-likeness (QED) is 0.274. The first-order valence-corrected chi connectivity index (χ1v) is 11.6. The Morgan fingerprint density at radius 3 is 2.70 bits per heavy atom. The normalized spacial score (nSPS) is 11.8. The molecule has 0 unspecified atom stereocenters. The molecule has 33 heavy (non-hydrogen) atoms. The Kier molecular flexibility index (Phi) is 6.46. The van der Waals surface area contributed by atoms with Crippen molar-refractivity contribution < 1.29 is 9.50 Å². The molecule has 0 spiro atoms. The summed E-state index contributed by atoms with van der Waals surface area (Å²) in [6.07, 6.45) is 3.38. The average molecular weight is 506 g/mol. The van der Waals surface area contributed by atoms with Gasteiger partial charge in [0.1, 0.15) is 22.9 Å². The molecular formula is C23H22Cl2FN5OS. The van der Waals surface area contributed by atoms with E-state index in [9.17, 15) is 5.11 Å². The fraction of sp³-hybridized carbons (Fsp3) is 0.217. The minimum atomic E-state index is -0.491. The monoisotopic (exact) mass is 505 g/mol. The summed E-state index contributed by atoms with van der Waals surface area (Å²) in [5.74, 6) is 0.523. The molecule has 6 nitrogen and oxygen atoms in total. The van der Waals surface area contributed by atoms with Crippen molar-refractivity contribution in [1.82, 2.24) is 14.4 Å². The molecule has 0 saturated carbocycles. The lowest BCUT2D eigenvalue weighted by atomic mass is 9.96. The zero-order valence-electron chi connectivity index (χ0n) is 18.2. The van der Waals surface area contributed by atoms with Crippen LogP contribution in [0.1, 0.15) is 32.2 Å². The van der Waals surface area contributed by atoms with Crippen molar-refractivity contribution in [3.8, 4) is 11.3 Å². The maximum Gasteiger partial charge on any atom is 0.156 e. The van der Waals surface area contributed by atoms with Crippen LogP contribution in [0.5, 0.6) is 0 Å². The summed E-state index contributed by atoms with van der Waals surface area (Å²) in [4.78, 5) is 9.50. The number of benzene rings is 2. The molecule has 0 aliphatic rings. The molecule has 2 aromatic heterocycles. The molecule has 0 bridgehead atoms. The van der Waals surface area contributed by atoms with Crippen molar-refractivity contribution in [2.75, 3.05) is 10.5 Å². The van der Waals surface area contributed by atoms with Gasteiger partial charge >= 0.3 is 0 Å². The molecule has 0 amide bonds. The summed E-state index contributed by atoms with van der Waals surface area (Å²) in [5.41, 5.74) is 7.86. The van der Waals surface area contributed by atoms with Gasteiger partial charge in [0, 0.05) is 33.3 Å². The summed E-state index contributed by atoms with van der Waals surface area (Å²) in [6.45, 7) is 5.84. The second-order valence-corrected chi connectivity index (χ2v) is 10.1. The summed E-state index contributed by atoms with van der Waals surface area (Å²) in [5, 5.41) is 10.2. The Morgan fingerprint density at radius 1 is 1.24 bits per heavy atom. The molecule has 0 saturated heterocycles. The number of nitrogens with two attached hydrogens (primary N) is 1. The zero-order valence-corrected chi connectivity index (χ0v) is 20.5. The zero-order chi connectivity index (χ0) is 23.9. The Hall–Kier alpha value is -2.52. The molecule has 0 aliphatic heterocycles. The second-order valence-electron chi connectivity index (χ2n) is 8.47.